The number of nitrogens with zero attached hydrogens (tertiary/aromatic N) is 6. The van der Waals surface area contributed by atoms with Crippen molar-refractivity contribution in [3.63, 3.8) is 0 Å². The van der Waals surface area contributed by atoms with Gasteiger partial charge in [-0.3, -0.25) is 9.97 Å². The van der Waals surface area contributed by atoms with Gasteiger partial charge in [-0.25, -0.2) is 0 Å². The third-order valence-corrected chi connectivity index (χ3v) is 10.3. The maximum Gasteiger partial charge on any atom is 0.119 e. The topological polar surface area (TPSA) is 93.7 Å². The van der Waals surface area contributed by atoms with Crippen LogP contribution in [0, 0.1) is 18.8 Å². The van der Waals surface area contributed by atoms with Crippen LogP contribution in [-0.4, -0.2) is 23.2 Å². The van der Waals surface area contributed by atoms with E-state index in [1.54, 1.807) is 12.4 Å². The van der Waals surface area contributed by atoms with E-state index >= 15 is 0 Å². The number of ether oxygens (including phenoxy) is 2. The molecule has 2 unspecified atom stereocenters. The fourth-order valence-corrected chi connectivity index (χ4v) is 6.38. The number of azo groups is 2. The highest BCUT2D eigenvalue weighted by Gasteiger charge is 2.08. The highest BCUT2D eigenvalue weighted by molar-refractivity contribution is 5.66. The van der Waals surface area contributed by atoms with Gasteiger partial charge in [0.1, 0.15) is 11.5 Å². The molecular formula is C51H60N6O2. The molecule has 8 heteroatoms. The number of pyridine rings is 2. The van der Waals surface area contributed by atoms with Crippen LogP contribution in [-0.2, 0) is 0 Å². The number of rotatable bonds is 20. The van der Waals surface area contributed by atoms with Crippen molar-refractivity contribution in [3.05, 3.63) is 146 Å². The second kappa shape index (κ2) is 24.7. The summed E-state index contributed by atoms with van der Waals surface area (Å²) in [6, 6.07) is 39.8. The molecule has 0 aliphatic heterocycles. The van der Waals surface area contributed by atoms with Crippen molar-refractivity contribution in [2.24, 2.45) is 32.3 Å². The first-order chi connectivity index (χ1) is 29.0. The molecule has 0 bridgehead atoms. The molecule has 0 fully saturated rings. The summed E-state index contributed by atoms with van der Waals surface area (Å²) in [7, 11) is 0. The van der Waals surface area contributed by atoms with E-state index in [9.17, 15) is 0 Å². The van der Waals surface area contributed by atoms with Crippen molar-refractivity contribution in [2.75, 3.05) is 13.2 Å². The Morgan fingerprint density at radius 2 is 0.831 bits per heavy atom. The SMILES string of the molecule is CCCCC(CC)COc1ccc(N=Nc2ccc(-c3ccnc(C)c3)cc2)cc1.CCCCC(CC)COc1ccc(N=Nc2ccc(-c3ccncc3)cc2)cc1. The zero-order valence-electron chi connectivity index (χ0n) is 35.5. The fraction of sp³-hybridized carbons (Fsp3) is 0.333. The quantitative estimate of drug-likeness (QED) is 0.0720. The summed E-state index contributed by atoms with van der Waals surface area (Å²) in [5.74, 6) is 3.04. The molecule has 0 aliphatic rings. The molecule has 59 heavy (non-hydrogen) atoms. The van der Waals surface area contributed by atoms with Gasteiger partial charge in [-0.05, 0) is 151 Å². The van der Waals surface area contributed by atoms with Gasteiger partial charge in [-0.1, -0.05) is 90.5 Å². The van der Waals surface area contributed by atoms with E-state index in [0.29, 0.717) is 11.8 Å². The molecule has 0 spiro atoms. The number of benzene rings is 4. The lowest BCUT2D eigenvalue weighted by Crippen LogP contribution is -2.11. The van der Waals surface area contributed by atoms with Crippen LogP contribution >= 0.6 is 0 Å². The van der Waals surface area contributed by atoms with Gasteiger partial charge < -0.3 is 9.47 Å². The molecule has 6 aromatic rings. The molecule has 0 saturated carbocycles. The van der Waals surface area contributed by atoms with Crippen LogP contribution in [0.1, 0.15) is 84.8 Å². The van der Waals surface area contributed by atoms with Crippen molar-refractivity contribution in [1.82, 2.24) is 9.97 Å². The Kier molecular flexibility index (Phi) is 18.4. The number of hydrogen-bond acceptors (Lipinski definition) is 8. The second-order valence-corrected chi connectivity index (χ2v) is 14.9. The van der Waals surface area contributed by atoms with E-state index in [-0.39, 0.29) is 0 Å². The first kappa shape index (κ1) is 44.1. The molecule has 2 aromatic heterocycles. The molecule has 2 heterocycles. The van der Waals surface area contributed by atoms with E-state index in [1.165, 1.54) is 38.5 Å². The highest BCUT2D eigenvalue weighted by Crippen LogP contribution is 2.27. The Morgan fingerprint density at radius 1 is 0.458 bits per heavy atom. The minimum absolute atomic E-state index is 0.628. The first-order valence-corrected chi connectivity index (χ1v) is 21.3. The standard InChI is InChI=1S/C26H31N3O.C25H29N3O/c1-4-6-7-21(5-2)19-30-26-14-12-25(13-15-26)29-28-24-10-8-22(9-11-24)23-16-17-27-20(3)18-23;1-3-5-6-20(4-2)19-29-25-13-11-24(12-14-25)28-27-23-9-7-21(8-10-23)22-15-17-26-18-16-22/h8-18,21H,4-7,19H2,1-3H3;7-18,20H,3-6,19H2,1-2H3. The normalized spacial score (nSPS) is 12.2. The van der Waals surface area contributed by atoms with Crippen molar-refractivity contribution in [1.29, 1.82) is 0 Å². The third-order valence-electron chi connectivity index (χ3n) is 10.3. The minimum atomic E-state index is 0.628. The van der Waals surface area contributed by atoms with Crippen LogP contribution in [0.3, 0.4) is 0 Å². The summed E-state index contributed by atoms with van der Waals surface area (Å²) >= 11 is 0. The molecule has 8 nitrogen and oxygen atoms in total. The van der Waals surface area contributed by atoms with Gasteiger partial charge in [-0.15, -0.1) is 0 Å². The van der Waals surface area contributed by atoms with Gasteiger partial charge >= 0.3 is 0 Å². The number of hydrogen-bond donors (Lipinski definition) is 0. The zero-order valence-corrected chi connectivity index (χ0v) is 35.5. The number of unbranched alkanes of at least 4 members (excludes halogenated alkanes) is 2. The van der Waals surface area contributed by atoms with E-state index in [4.69, 9.17) is 9.47 Å². The monoisotopic (exact) mass is 788 g/mol. The Bertz CT molecular complexity index is 2120. The lowest BCUT2D eigenvalue weighted by Gasteiger charge is -2.15. The molecule has 0 aliphatic carbocycles. The van der Waals surface area contributed by atoms with Crippen LogP contribution < -0.4 is 9.47 Å². The van der Waals surface area contributed by atoms with Crippen molar-refractivity contribution < 1.29 is 9.47 Å². The van der Waals surface area contributed by atoms with Gasteiger partial charge in [-0.2, -0.15) is 20.5 Å². The molecule has 0 radical (unpaired) electrons. The zero-order chi connectivity index (χ0) is 41.5. The largest absolute Gasteiger partial charge is 0.493 e. The molecule has 306 valence electrons. The van der Waals surface area contributed by atoms with Crippen molar-refractivity contribution in [2.45, 2.75) is 86.0 Å². The number of aromatic nitrogens is 2. The smallest absolute Gasteiger partial charge is 0.119 e. The maximum atomic E-state index is 5.96. The minimum Gasteiger partial charge on any atom is -0.493 e. The van der Waals surface area contributed by atoms with Crippen LogP contribution in [0.2, 0.25) is 0 Å². The first-order valence-electron chi connectivity index (χ1n) is 21.3. The second-order valence-electron chi connectivity index (χ2n) is 14.9. The summed E-state index contributed by atoms with van der Waals surface area (Å²) in [5, 5.41) is 17.4. The van der Waals surface area contributed by atoms with Crippen molar-refractivity contribution >= 4 is 22.7 Å². The molecule has 0 amide bonds. The van der Waals surface area contributed by atoms with Gasteiger partial charge in [0.25, 0.3) is 0 Å². The maximum absolute atomic E-state index is 5.96. The summed E-state index contributed by atoms with van der Waals surface area (Å²) in [6.45, 7) is 12.5. The average Bonchev–Trinajstić information content (AvgIpc) is 3.29. The molecular weight excluding hydrogens is 729 g/mol. The molecule has 4 aromatic carbocycles. The van der Waals surface area contributed by atoms with Crippen LogP contribution in [0.15, 0.2) is 160 Å². The predicted molar refractivity (Wildman–Crippen MR) is 243 cm³/mol. The summed E-state index contributed by atoms with van der Waals surface area (Å²) in [5.41, 5.74) is 8.86. The summed E-state index contributed by atoms with van der Waals surface area (Å²) in [6.07, 6.45) is 15.2. The van der Waals surface area contributed by atoms with Crippen molar-refractivity contribution in [3.8, 4) is 33.8 Å². The fourth-order valence-electron chi connectivity index (χ4n) is 6.38. The Hall–Kier alpha value is -6.02. The third kappa shape index (κ3) is 15.3. The predicted octanol–water partition coefficient (Wildman–Crippen LogP) is 15.8. The van der Waals surface area contributed by atoms with E-state index < -0.39 is 0 Å². The molecule has 6 rings (SSSR count). The summed E-state index contributed by atoms with van der Waals surface area (Å²) in [4.78, 5) is 8.30. The van der Waals surface area contributed by atoms with E-state index in [1.807, 2.05) is 116 Å². The van der Waals surface area contributed by atoms with E-state index in [2.05, 4.69) is 76.3 Å². The van der Waals surface area contributed by atoms with Gasteiger partial charge in [0.05, 0.1) is 36.0 Å². The highest BCUT2D eigenvalue weighted by atomic mass is 16.5. The van der Waals surface area contributed by atoms with Crippen LogP contribution in [0.5, 0.6) is 11.5 Å². The van der Waals surface area contributed by atoms with Gasteiger partial charge in [0, 0.05) is 24.3 Å². The lowest BCUT2D eigenvalue weighted by atomic mass is 10.0. The van der Waals surface area contributed by atoms with Gasteiger partial charge in [0.15, 0.2) is 0 Å². The number of aryl methyl sites for hydroxylation is 1. The molecule has 2 atom stereocenters. The Labute approximate surface area is 351 Å². The Morgan fingerprint density at radius 3 is 1.22 bits per heavy atom. The lowest BCUT2D eigenvalue weighted by molar-refractivity contribution is 0.233. The molecule has 0 N–H and O–H groups in total. The van der Waals surface area contributed by atoms with E-state index in [0.717, 1.165) is 88.3 Å². The summed E-state index contributed by atoms with van der Waals surface area (Å²) < 4.78 is 11.9. The van der Waals surface area contributed by atoms with Crippen LogP contribution in [0.25, 0.3) is 22.3 Å². The van der Waals surface area contributed by atoms with Gasteiger partial charge in [0.2, 0.25) is 0 Å². The Balaban J connectivity index is 0.000000224. The molecule has 0 saturated heterocycles. The average molecular weight is 789 g/mol. The van der Waals surface area contributed by atoms with Crippen LogP contribution in [0.4, 0.5) is 22.7 Å².